The molecular weight excluding hydrogens is 471 g/mol. The number of benzene rings is 3. The molecule has 3 aromatic carbocycles. The Balaban J connectivity index is 1.76. The topological polar surface area (TPSA) is 56.0 Å². The Hall–Kier alpha value is -3.18. The quantitative estimate of drug-likeness (QED) is 0.260. The Kier molecular flexibility index (Phi) is 5.67. The van der Waals surface area contributed by atoms with Crippen LogP contribution in [-0.4, -0.2) is 10.8 Å². The second-order valence-electron chi connectivity index (χ2n) is 7.77. The van der Waals surface area contributed by atoms with Gasteiger partial charge in [-0.2, -0.15) is 0 Å². The van der Waals surface area contributed by atoms with Gasteiger partial charge in [-0.15, -0.1) is 11.3 Å². The molecule has 0 fully saturated rings. The van der Waals surface area contributed by atoms with E-state index < -0.39 is 0 Å². The molecule has 33 heavy (non-hydrogen) atoms. The molecule has 0 saturated carbocycles. The molecule has 2 heterocycles. The van der Waals surface area contributed by atoms with Crippen molar-refractivity contribution in [1.29, 1.82) is 0 Å². The average molecular weight is 489 g/mol. The lowest BCUT2D eigenvalue weighted by molar-refractivity contribution is 0.104. The summed E-state index contributed by atoms with van der Waals surface area (Å²) in [5.41, 5.74) is 12.3. The standard InChI is InChI=1S/C27H18Cl2N2OS/c1-15-7-9-16(10-8-15)20-14-22(17-5-3-2-4-6-17)31-27-23(20)24(30)26(33-27)25(32)19-12-11-18(28)13-21(19)29/h2-14H,30H2,1H3. The molecule has 6 heteroatoms. The zero-order valence-electron chi connectivity index (χ0n) is 17.6. The van der Waals surface area contributed by atoms with Gasteiger partial charge >= 0.3 is 0 Å². The molecule has 0 bridgehead atoms. The summed E-state index contributed by atoms with van der Waals surface area (Å²) in [5, 5.41) is 1.54. The highest BCUT2D eigenvalue weighted by Crippen LogP contribution is 2.42. The van der Waals surface area contributed by atoms with Crippen molar-refractivity contribution in [2.24, 2.45) is 0 Å². The van der Waals surface area contributed by atoms with Gasteiger partial charge in [-0.25, -0.2) is 4.98 Å². The van der Waals surface area contributed by atoms with Gasteiger partial charge < -0.3 is 5.73 Å². The van der Waals surface area contributed by atoms with Gasteiger partial charge in [0.15, 0.2) is 0 Å². The van der Waals surface area contributed by atoms with Gasteiger partial charge in [0.05, 0.1) is 16.4 Å². The van der Waals surface area contributed by atoms with E-state index >= 15 is 0 Å². The summed E-state index contributed by atoms with van der Waals surface area (Å²) < 4.78 is 0. The van der Waals surface area contributed by atoms with Crippen molar-refractivity contribution in [3.63, 3.8) is 0 Å². The second-order valence-corrected chi connectivity index (χ2v) is 9.61. The maximum absolute atomic E-state index is 13.4. The van der Waals surface area contributed by atoms with Gasteiger partial charge in [-0.3, -0.25) is 4.79 Å². The number of carbonyl (C=O) groups excluding carboxylic acids is 1. The Morgan fingerprint density at radius 1 is 0.909 bits per heavy atom. The molecule has 5 rings (SSSR count). The second kappa shape index (κ2) is 8.64. The fourth-order valence-corrected chi connectivity index (χ4v) is 5.37. The van der Waals surface area contributed by atoms with Crippen molar-refractivity contribution < 1.29 is 4.79 Å². The van der Waals surface area contributed by atoms with Crippen LogP contribution in [0.4, 0.5) is 5.69 Å². The van der Waals surface area contributed by atoms with E-state index in [1.807, 2.05) is 43.3 Å². The Morgan fingerprint density at radius 2 is 1.64 bits per heavy atom. The van der Waals surface area contributed by atoms with Crippen LogP contribution < -0.4 is 5.73 Å². The van der Waals surface area contributed by atoms with Crippen LogP contribution in [0.25, 0.3) is 32.6 Å². The molecule has 5 aromatic rings. The fourth-order valence-electron chi connectivity index (χ4n) is 3.80. The molecular formula is C27H18Cl2N2OS. The Labute approximate surface area is 205 Å². The molecule has 0 atom stereocenters. The van der Waals surface area contributed by atoms with Crippen LogP contribution in [0.15, 0.2) is 78.9 Å². The summed E-state index contributed by atoms with van der Waals surface area (Å²) in [7, 11) is 0. The van der Waals surface area contributed by atoms with E-state index in [1.54, 1.807) is 18.2 Å². The number of nitrogen functional groups attached to an aromatic ring is 1. The van der Waals surface area contributed by atoms with E-state index in [9.17, 15) is 4.79 Å². The number of aromatic nitrogens is 1. The molecule has 2 aromatic heterocycles. The summed E-state index contributed by atoms with van der Waals surface area (Å²) >= 11 is 13.6. The lowest BCUT2D eigenvalue weighted by Gasteiger charge is -2.09. The largest absolute Gasteiger partial charge is 0.397 e. The van der Waals surface area contributed by atoms with Gasteiger partial charge in [-0.05, 0) is 42.3 Å². The van der Waals surface area contributed by atoms with Crippen molar-refractivity contribution >= 4 is 56.2 Å². The minimum absolute atomic E-state index is 0.242. The van der Waals surface area contributed by atoms with Crippen LogP contribution in [-0.2, 0) is 0 Å². The number of halogens is 2. The monoisotopic (exact) mass is 488 g/mol. The molecule has 0 saturated heterocycles. The van der Waals surface area contributed by atoms with E-state index in [4.69, 9.17) is 33.9 Å². The molecule has 2 N–H and O–H groups in total. The summed E-state index contributed by atoms with van der Waals surface area (Å²) in [6.45, 7) is 2.05. The number of rotatable bonds is 4. The SMILES string of the molecule is Cc1ccc(-c2cc(-c3ccccc3)nc3sc(C(=O)c4ccc(Cl)cc4Cl)c(N)c23)cc1. The van der Waals surface area contributed by atoms with E-state index in [0.717, 1.165) is 27.8 Å². The first-order chi connectivity index (χ1) is 15.9. The van der Waals surface area contributed by atoms with Crippen LogP contribution in [0.1, 0.15) is 20.8 Å². The molecule has 0 radical (unpaired) electrons. The van der Waals surface area contributed by atoms with Crippen molar-refractivity contribution in [1.82, 2.24) is 4.98 Å². The smallest absolute Gasteiger partial charge is 0.206 e. The van der Waals surface area contributed by atoms with Crippen LogP contribution in [0.5, 0.6) is 0 Å². The highest BCUT2D eigenvalue weighted by molar-refractivity contribution is 7.21. The number of thiophene rings is 1. The average Bonchev–Trinajstić information content (AvgIpc) is 3.16. The fraction of sp³-hybridized carbons (Fsp3) is 0.0370. The number of hydrogen-bond donors (Lipinski definition) is 1. The van der Waals surface area contributed by atoms with Crippen molar-refractivity contribution in [2.75, 3.05) is 5.73 Å². The van der Waals surface area contributed by atoms with E-state index in [0.29, 0.717) is 31.0 Å². The molecule has 0 unspecified atom stereocenters. The first-order valence-corrected chi connectivity index (χ1v) is 11.8. The summed E-state index contributed by atoms with van der Waals surface area (Å²) in [4.78, 5) is 19.4. The lowest BCUT2D eigenvalue weighted by Crippen LogP contribution is -2.03. The van der Waals surface area contributed by atoms with E-state index in [1.165, 1.54) is 16.9 Å². The van der Waals surface area contributed by atoms with Crippen LogP contribution >= 0.6 is 34.5 Å². The number of hydrogen-bond acceptors (Lipinski definition) is 4. The predicted molar refractivity (Wildman–Crippen MR) is 140 cm³/mol. The van der Waals surface area contributed by atoms with Gasteiger partial charge in [0, 0.05) is 21.5 Å². The first-order valence-electron chi connectivity index (χ1n) is 10.3. The molecule has 0 aliphatic heterocycles. The number of carbonyl (C=O) groups is 1. The summed E-state index contributed by atoms with van der Waals surface area (Å²) in [5.74, 6) is -0.242. The Bertz CT molecular complexity index is 1510. The van der Waals surface area contributed by atoms with Crippen molar-refractivity contribution in [2.45, 2.75) is 6.92 Å². The van der Waals surface area contributed by atoms with Crippen molar-refractivity contribution in [3.8, 4) is 22.4 Å². The van der Waals surface area contributed by atoms with Crippen LogP contribution in [0.3, 0.4) is 0 Å². The Morgan fingerprint density at radius 3 is 2.33 bits per heavy atom. The normalized spacial score (nSPS) is 11.1. The first kappa shape index (κ1) is 21.7. The summed E-state index contributed by atoms with van der Waals surface area (Å²) in [6, 6.07) is 25.1. The van der Waals surface area contributed by atoms with Gasteiger partial charge in [0.1, 0.15) is 9.71 Å². The predicted octanol–water partition coefficient (Wildman–Crippen LogP) is 8.06. The highest BCUT2D eigenvalue weighted by Gasteiger charge is 2.24. The summed E-state index contributed by atoms with van der Waals surface area (Å²) in [6.07, 6.45) is 0. The third kappa shape index (κ3) is 4.02. The van der Waals surface area contributed by atoms with E-state index in [-0.39, 0.29) is 5.78 Å². The molecule has 0 amide bonds. The van der Waals surface area contributed by atoms with Crippen LogP contribution in [0, 0.1) is 6.92 Å². The number of aryl methyl sites for hydroxylation is 1. The molecule has 0 aliphatic carbocycles. The maximum atomic E-state index is 13.4. The number of nitrogens with two attached hydrogens (primary N) is 1. The third-order valence-corrected chi connectivity index (χ3v) is 7.16. The van der Waals surface area contributed by atoms with Crippen molar-refractivity contribution in [3.05, 3.63) is 105 Å². The van der Waals surface area contributed by atoms with Gasteiger partial charge in [-0.1, -0.05) is 83.4 Å². The minimum atomic E-state index is -0.242. The molecule has 0 aliphatic rings. The number of pyridine rings is 1. The van der Waals surface area contributed by atoms with Gasteiger partial charge in [0.2, 0.25) is 5.78 Å². The number of fused-ring (bicyclic) bond motifs is 1. The van der Waals surface area contributed by atoms with Crippen LogP contribution in [0.2, 0.25) is 10.0 Å². The number of anilines is 1. The molecule has 162 valence electrons. The third-order valence-electron chi connectivity index (χ3n) is 5.51. The zero-order chi connectivity index (χ0) is 23.1. The zero-order valence-corrected chi connectivity index (χ0v) is 19.9. The number of ketones is 1. The molecule has 3 nitrogen and oxygen atoms in total. The lowest BCUT2D eigenvalue weighted by atomic mass is 9.98. The number of nitrogens with zero attached hydrogens (tertiary/aromatic N) is 1. The van der Waals surface area contributed by atoms with Gasteiger partial charge in [0.25, 0.3) is 0 Å². The minimum Gasteiger partial charge on any atom is -0.397 e. The highest BCUT2D eigenvalue weighted by atomic mass is 35.5. The molecule has 0 spiro atoms. The van der Waals surface area contributed by atoms with E-state index in [2.05, 4.69) is 24.3 Å². The maximum Gasteiger partial charge on any atom is 0.206 e.